The summed E-state index contributed by atoms with van der Waals surface area (Å²) in [4.78, 5) is 36.5. The molecule has 3 N–H and O–H groups in total. The highest BCUT2D eigenvalue weighted by molar-refractivity contribution is 9.10. The first-order valence-electron chi connectivity index (χ1n) is 10.8. The van der Waals surface area contributed by atoms with E-state index in [0.717, 1.165) is 22.3 Å². The van der Waals surface area contributed by atoms with Crippen molar-refractivity contribution in [3.8, 4) is 11.1 Å². The first-order chi connectivity index (χ1) is 16.4. The Balaban J connectivity index is 1.40. The minimum atomic E-state index is -1.11. The van der Waals surface area contributed by atoms with E-state index in [9.17, 15) is 19.5 Å². The molecule has 3 aromatic rings. The number of carboxylic acids is 1. The summed E-state index contributed by atoms with van der Waals surface area (Å²) in [7, 11) is 0. The van der Waals surface area contributed by atoms with Gasteiger partial charge in [0.2, 0.25) is 5.91 Å². The minimum absolute atomic E-state index is 0.0298. The van der Waals surface area contributed by atoms with Crippen LogP contribution < -0.4 is 10.6 Å². The lowest BCUT2D eigenvalue weighted by atomic mass is 9.98. The summed E-state index contributed by atoms with van der Waals surface area (Å²) in [6.45, 7) is 1.91. The number of carboxylic acid groups (broad SMARTS) is 1. The zero-order chi connectivity index (χ0) is 24.2. The Morgan fingerprint density at radius 2 is 1.62 bits per heavy atom. The number of aromatic carboxylic acids is 1. The van der Waals surface area contributed by atoms with E-state index in [1.807, 2.05) is 36.4 Å². The minimum Gasteiger partial charge on any atom is -0.478 e. The number of alkyl carbamates (subject to hydrolysis) is 1. The molecule has 0 heterocycles. The number of carbonyl (C=O) groups excluding carboxylic acids is 2. The lowest BCUT2D eigenvalue weighted by Gasteiger charge is -2.19. The molecule has 1 aliphatic carbocycles. The highest BCUT2D eigenvalue weighted by Crippen LogP contribution is 2.44. The van der Waals surface area contributed by atoms with Crippen molar-refractivity contribution in [2.75, 3.05) is 11.9 Å². The maximum atomic E-state index is 12.7. The molecule has 1 atom stereocenters. The average molecular weight is 523 g/mol. The van der Waals surface area contributed by atoms with Gasteiger partial charge in [0.25, 0.3) is 0 Å². The predicted octanol–water partition coefficient (Wildman–Crippen LogP) is 5.40. The molecule has 4 rings (SSSR count). The van der Waals surface area contributed by atoms with Crippen LogP contribution in [0.25, 0.3) is 11.1 Å². The fourth-order valence-electron chi connectivity index (χ4n) is 4.15. The van der Waals surface area contributed by atoms with Crippen LogP contribution in [-0.4, -0.2) is 35.7 Å². The van der Waals surface area contributed by atoms with E-state index in [1.165, 1.54) is 12.1 Å². The number of ether oxygens (including phenoxy) is 1. The first kappa shape index (κ1) is 23.5. The Kier molecular flexibility index (Phi) is 6.98. The number of carbonyl (C=O) groups is 3. The van der Waals surface area contributed by atoms with E-state index < -0.39 is 24.0 Å². The second-order valence-electron chi connectivity index (χ2n) is 7.95. The van der Waals surface area contributed by atoms with Gasteiger partial charge in [-0.25, -0.2) is 9.59 Å². The maximum absolute atomic E-state index is 12.7. The second-order valence-corrected chi connectivity index (χ2v) is 8.87. The molecule has 1 unspecified atom stereocenters. The zero-order valence-electron chi connectivity index (χ0n) is 18.4. The second kappa shape index (κ2) is 10.1. The molecule has 2 amide bonds. The van der Waals surface area contributed by atoms with Gasteiger partial charge in [0.15, 0.2) is 0 Å². The van der Waals surface area contributed by atoms with Crippen molar-refractivity contribution in [1.29, 1.82) is 0 Å². The molecule has 0 spiro atoms. The van der Waals surface area contributed by atoms with Crippen LogP contribution in [0.2, 0.25) is 0 Å². The van der Waals surface area contributed by atoms with Crippen molar-refractivity contribution in [2.45, 2.75) is 25.3 Å². The van der Waals surface area contributed by atoms with Gasteiger partial charge >= 0.3 is 12.1 Å². The summed E-state index contributed by atoms with van der Waals surface area (Å²) < 4.78 is 6.04. The van der Waals surface area contributed by atoms with Crippen LogP contribution in [0, 0.1) is 0 Å². The summed E-state index contributed by atoms with van der Waals surface area (Å²) in [6, 6.07) is 19.6. The van der Waals surface area contributed by atoms with Crippen LogP contribution in [-0.2, 0) is 9.53 Å². The number of benzene rings is 3. The van der Waals surface area contributed by atoms with E-state index in [0.29, 0.717) is 16.6 Å². The summed E-state index contributed by atoms with van der Waals surface area (Å²) in [5.41, 5.74) is 4.81. The molecule has 1 aliphatic rings. The third-order valence-electron chi connectivity index (χ3n) is 5.77. The van der Waals surface area contributed by atoms with Crippen LogP contribution >= 0.6 is 15.9 Å². The number of fused-ring (bicyclic) bond motifs is 3. The monoisotopic (exact) mass is 522 g/mol. The maximum Gasteiger partial charge on any atom is 0.407 e. The highest BCUT2D eigenvalue weighted by Gasteiger charge is 2.29. The third-order valence-corrected chi connectivity index (χ3v) is 6.23. The largest absolute Gasteiger partial charge is 0.478 e. The van der Waals surface area contributed by atoms with E-state index in [2.05, 4.69) is 38.7 Å². The Bertz CT molecular complexity index is 1210. The molecule has 0 saturated carbocycles. The van der Waals surface area contributed by atoms with Gasteiger partial charge in [0.1, 0.15) is 12.6 Å². The number of nitrogens with one attached hydrogen (secondary N) is 2. The molecule has 0 radical (unpaired) electrons. The molecule has 0 bridgehead atoms. The van der Waals surface area contributed by atoms with Crippen molar-refractivity contribution < 1.29 is 24.2 Å². The van der Waals surface area contributed by atoms with Crippen LogP contribution in [0.3, 0.4) is 0 Å². The Morgan fingerprint density at radius 3 is 2.21 bits per heavy atom. The van der Waals surface area contributed by atoms with E-state index in [1.54, 1.807) is 13.0 Å². The Morgan fingerprint density at radius 1 is 1.00 bits per heavy atom. The van der Waals surface area contributed by atoms with E-state index >= 15 is 0 Å². The molecule has 0 aliphatic heterocycles. The molecular formula is C26H23BrN2O5. The van der Waals surface area contributed by atoms with Crippen LogP contribution in [0.4, 0.5) is 10.5 Å². The van der Waals surface area contributed by atoms with Crippen molar-refractivity contribution in [3.05, 3.63) is 87.9 Å². The molecule has 174 valence electrons. The molecule has 0 saturated heterocycles. The lowest BCUT2D eigenvalue weighted by Crippen LogP contribution is -2.43. The van der Waals surface area contributed by atoms with Crippen molar-refractivity contribution in [2.24, 2.45) is 0 Å². The van der Waals surface area contributed by atoms with Crippen molar-refractivity contribution in [1.82, 2.24) is 5.32 Å². The van der Waals surface area contributed by atoms with Gasteiger partial charge in [-0.1, -0.05) is 71.4 Å². The topological polar surface area (TPSA) is 105 Å². The number of hydrogen-bond donors (Lipinski definition) is 3. The molecule has 3 aromatic carbocycles. The summed E-state index contributed by atoms with van der Waals surface area (Å²) in [6.07, 6.45) is -0.361. The molecule has 34 heavy (non-hydrogen) atoms. The zero-order valence-corrected chi connectivity index (χ0v) is 20.0. The lowest BCUT2D eigenvalue weighted by molar-refractivity contribution is -0.118. The predicted molar refractivity (Wildman–Crippen MR) is 132 cm³/mol. The number of anilines is 1. The Labute approximate surface area is 205 Å². The normalized spacial score (nSPS) is 12.9. The number of halogens is 1. The third kappa shape index (κ3) is 4.97. The Hall–Kier alpha value is -3.65. The SMILES string of the molecule is CCC(NC(=O)OCC1c2ccccc2-c2ccccc21)C(=O)Nc1cc(Br)cc(C(=O)O)c1. The molecular weight excluding hydrogens is 500 g/mol. The van der Waals surface area contributed by atoms with Crippen LogP contribution in [0.1, 0.15) is 40.7 Å². The quantitative estimate of drug-likeness (QED) is 0.385. The fraction of sp³-hybridized carbons (Fsp3) is 0.192. The van der Waals surface area contributed by atoms with Gasteiger partial charge in [-0.3, -0.25) is 4.79 Å². The molecule has 0 aromatic heterocycles. The highest BCUT2D eigenvalue weighted by atomic mass is 79.9. The smallest absolute Gasteiger partial charge is 0.407 e. The van der Waals surface area contributed by atoms with Crippen molar-refractivity contribution in [3.63, 3.8) is 0 Å². The van der Waals surface area contributed by atoms with Gasteiger partial charge in [0.05, 0.1) is 5.56 Å². The van der Waals surface area contributed by atoms with Gasteiger partial charge in [-0.2, -0.15) is 0 Å². The summed E-state index contributed by atoms with van der Waals surface area (Å²) in [5, 5.41) is 14.5. The molecule has 7 nitrogen and oxygen atoms in total. The number of hydrogen-bond acceptors (Lipinski definition) is 4. The van der Waals surface area contributed by atoms with E-state index in [4.69, 9.17) is 4.74 Å². The van der Waals surface area contributed by atoms with Crippen molar-refractivity contribution >= 4 is 39.6 Å². The number of amides is 2. The van der Waals surface area contributed by atoms with E-state index in [-0.39, 0.29) is 18.1 Å². The molecule has 0 fully saturated rings. The van der Waals surface area contributed by atoms with Gasteiger partial charge in [-0.05, 0) is 46.9 Å². The van der Waals surface area contributed by atoms with Gasteiger partial charge < -0.3 is 20.5 Å². The standard InChI is InChI=1S/C26H23BrN2O5/c1-2-23(24(30)28-17-12-15(25(31)32)11-16(27)13-17)29-26(33)34-14-22-20-9-5-3-7-18(20)19-8-4-6-10-21(19)22/h3-13,22-23H,2,14H2,1H3,(H,28,30)(H,29,33)(H,31,32). The fourth-order valence-corrected chi connectivity index (χ4v) is 4.64. The molecule has 8 heteroatoms. The van der Waals surface area contributed by atoms with Gasteiger partial charge in [0, 0.05) is 16.1 Å². The number of rotatable bonds is 7. The van der Waals surface area contributed by atoms with Crippen LogP contribution in [0.15, 0.2) is 71.2 Å². The van der Waals surface area contributed by atoms with Crippen LogP contribution in [0.5, 0.6) is 0 Å². The first-order valence-corrected chi connectivity index (χ1v) is 11.6. The summed E-state index contributed by atoms with van der Waals surface area (Å²) in [5.74, 6) is -1.66. The van der Waals surface area contributed by atoms with Gasteiger partial charge in [-0.15, -0.1) is 0 Å². The summed E-state index contributed by atoms with van der Waals surface area (Å²) >= 11 is 3.24. The average Bonchev–Trinajstić information content (AvgIpc) is 3.14.